The molecule has 0 fully saturated rings. The van der Waals surface area contributed by atoms with Crippen molar-refractivity contribution in [3.8, 4) is 17.3 Å². The first-order valence-electron chi connectivity index (χ1n) is 6.85. The van der Waals surface area contributed by atoms with E-state index in [1.54, 1.807) is 30.3 Å². The number of allylic oxidation sites excluding steroid dienone is 1. The Morgan fingerprint density at radius 1 is 1.04 bits per heavy atom. The summed E-state index contributed by atoms with van der Waals surface area (Å²) in [7, 11) is 0. The van der Waals surface area contributed by atoms with Crippen LogP contribution in [0.2, 0.25) is 15.1 Å². The van der Waals surface area contributed by atoms with Gasteiger partial charge in [-0.2, -0.15) is 5.26 Å². The Kier molecular flexibility index (Phi) is 5.23. The molecule has 118 valence electrons. The number of nitriles is 1. The van der Waals surface area contributed by atoms with Gasteiger partial charge in [0.2, 0.25) is 0 Å². The lowest BCUT2D eigenvalue weighted by Gasteiger charge is -2.01. The maximum atomic E-state index is 9.44. The number of benzene rings is 2. The zero-order valence-corrected chi connectivity index (χ0v) is 15.2. The van der Waals surface area contributed by atoms with E-state index in [9.17, 15) is 5.26 Å². The molecule has 0 aliphatic carbocycles. The van der Waals surface area contributed by atoms with Crippen LogP contribution in [0.4, 0.5) is 0 Å². The highest BCUT2D eigenvalue weighted by Gasteiger charge is 2.11. The fourth-order valence-corrected chi connectivity index (χ4v) is 3.50. The molecule has 0 N–H and O–H groups in total. The molecule has 0 spiro atoms. The fraction of sp³-hybridized carbons (Fsp3) is 0. The molecule has 3 aromatic rings. The predicted octanol–water partition coefficient (Wildman–Crippen LogP) is 6.83. The molecule has 0 saturated carbocycles. The summed E-state index contributed by atoms with van der Waals surface area (Å²) in [5, 5.41) is 13.7. The Bertz CT molecular complexity index is 953. The molecule has 0 bridgehead atoms. The van der Waals surface area contributed by atoms with Crippen molar-refractivity contribution < 1.29 is 0 Å². The maximum Gasteiger partial charge on any atom is 0.134 e. The number of nitrogens with zero attached hydrogens (tertiary/aromatic N) is 2. The van der Waals surface area contributed by atoms with Crippen LogP contribution < -0.4 is 0 Å². The van der Waals surface area contributed by atoms with Gasteiger partial charge in [0.1, 0.15) is 11.1 Å². The zero-order chi connectivity index (χ0) is 17.1. The maximum absolute atomic E-state index is 9.44. The molecule has 1 heterocycles. The van der Waals surface area contributed by atoms with Crippen molar-refractivity contribution in [1.82, 2.24) is 4.98 Å². The van der Waals surface area contributed by atoms with Gasteiger partial charge in [0.25, 0.3) is 0 Å². The van der Waals surface area contributed by atoms with Crippen LogP contribution in [-0.4, -0.2) is 4.98 Å². The Morgan fingerprint density at radius 2 is 1.75 bits per heavy atom. The van der Waals surface area contributed by atoms with E-state index in [2.05, 4.69) is 11.1 Å². The van der Waals surface area contributed by atoms with Crippen LogP contribution in [0.1, 0.15) is 10.6 Å². The number of hydrogen-bond acceptors (Lipinski definition) is 3. The van der Waals surface area contributed by atoms with Crippen LogP contribution >= 0.6 is 46.1 Å². The summed E-state index contributed by atoms with van der Waals surface area (Å²) >= 11 is 19.4. The van der Waals surface area contributed by atoms with Crippen molar-refractivity contribution in [3.05, 3.63) is 73.5 Å². The Labute approximate surface area is 158 Å². The zero-order valence-electron chi connectivity index (χ0n) is 12.1. The third-order valence-electron chi connectivity index (χ3n) is 3.24. The average molecular weight is 392 g/mol. The Balaban J connectivity index is 1.96. The highest BCUT2D eigenvalue weighted by molar-refractivity contribution is 7.11. The molecule has 2 nitrogen and oxygen atoms in total. The van der Waals surface area contributed by atoms with Gasteiger partial charge in [0.15, 0.2) is 0 Å². The largest absolute Gasteiger partial charge is 0.235 e. The van der Waals surface area contributed by atoms with Gasteiger partial charge >= 0.3 is 0 Å². The van der Waals surface area contributed by atoms with Crippen LogP contribution in [0, 0.1) is 11.3 Å². The van der Waals surface area contributed by atoms with Crippen LogP contribution in [0.15, 0.2) is 47.8 Å². The molecule has 0 aliphatic heterocycles. The van der Waals surface area contributed by atoms with E-state index in [4.69, 9.17) is 34.8 Å². The number of hydrogen-bond donors (Lipinski definition) is 0. The first-order chi connectivity index (χ1) is 11.6. The summed E-state index contributed by atoms with van der Waals surface area (Å²) in [6.07, 6.45) is 1.78. The molecule has 24 heavy (non-hydrogen) atoms. The first-order valence-corrected chi connectivity index (χ1v) is 8.87. The van der Waals surface area contributed by atoms with Crippen LogP contribution in [-0.2, 0) is 0 Å². The molecule has 0 amide bonds. The van der Waals surface area contributed by atoms with Crippen LogP contribution in [0.25, 0.3) is 22.9 Å². The lowest BCUT2D eigenvalue weighted by Crippen LogP contribution is -1.84. The van der Waals surface area contributed by atoms with Crippen molar-refractivity contribution in [3.63, 3.8) is 0 Å². The van der Waals surface area contributed by atoms with Gasteiger partial charge in [-0.3, -0.25) is 0 Å². The second-order valence-electron chi connectivity index (χ2n) is 4.88. The molecule has 0 radical (unpaired) electrons. The van der Waals surface area contributed by atoms with E-state index in [1.807, 2.05) is 23.6 Å². The summed E-state index contributed by atoms with van der Waals surface area (Å²) in [6, 6.07) is 14.7. The van der Waals surface area contributed by atoms with Gasteiger partial charge in [-0.15, -0.1) is 11.3 Å². The molecule has 0 atom stereocenters. The Hall–Kier alpha value is -1.83. The SMILES string of the molecule is N#C/C(=C/c1ccc(Cl)cc1)c1nc(-c2ccc(Cl)cc2Cl)cs1. The van der Waals surface area contributed by atoms with Gasteiger partial charge in [0, 0.05) is 21.0 Å². The first kappa shape index (κ1) is 17.0. The van der Waals surface area contributed by atoms with Gasteiger partial charge < -0.3 is 0 Å². The summed E-state index contributed by atoms with van der Waals surface area (Å²) < 4.78 is 0. The molecule has 0 unspecified atom stereocenters. The van der Waals surface area contributed by atoms with Crippen LogP contribution in [0.5, 0.6) is 0 Å². The van der Waals surface area contributed by atoms with E-state index in [0.717, 1.165) is 11.1 Å². The van der Waals surface area contributed by atoms with E-state index in [-0.39, 0.29) is 0 Å². The number of thiazole rings is 1. The fourth-order valence-electron chi connectivity index (χ4n) is 2.09. The van der Waals surface area contributed by atoms with E-state index in [1.165, 1.54) is 11.3 Å². The summed E-state index contributed by atoms with van der Waals surface area (Å²) in [5.41, 5.74) is 2.87. The normalized spacial score (nSPS) is 11.3. The van der Waals surface area contributed by atoms with E-state index < -0.39 is 0 Å². The van der Waals surface area contributed by atoms with Crippen molar-refractivity contribution in [1.29, 1.82) is 5.26 Å². The van der Waals surface area contributed by atoms with Gasteiger partial charge in [-0.25, -0.2) is 4.98 Å². The molecule has 3 rings (SSSR count). The summed E-state index contributed by atoms with van der Waals surface area (Å²) in [6.45, 7) is 0. The third kappa shape index (κ3) is 3.80. The summed E-state index contributed by atoms with van der Waals surface area (Å²) in [5.74, 6) is 0. The Morgan fingerprint density at radius 3 is 2.42 bits per heavy atom. The quantitative estimate of drug-likeness (QED) is 0.458. The second-order valence-corrected chi connectivity index (χ2v) is 7.02. The minimum absolute atomic E-state index is 0.485. The number of aromatic nitrogens is 1. The number of halogens is 3. The van der Waals surface area contributed by atoms with Gasteiger partial charge in [-0.05, 0) is 42.0 Å². The lowest BCUT2D eigenvalue weighted by molar-refractivity contribution is 1.37. The molecule has 1 aromatic heterocycles. The molecular weight excluding hydrogens is 383 g/mol. The minimum Gasteiger partial charge on any atom is -0.235 e. The molecule has 2 aromatic carbocycles. The highest BCUT2D eigenvalue weighted by Crippen LogP contribution is 2.33. The van der Waals surface area contributed by atoms with Crippen LogP contribution in [0.3, 0.4) is 0 Å². The lowest BCUT2D eigenvalue weighted by atomic mass is 10.1. The smallest absolute Gasteiger partial charge is 0.134 e. The van der Waals surface area contributed by atoms with Gasteiger partial charge in [-0.1, -0.05) is 46.9 Å². The molecule has 0 saturated heterocycles. The van der Waals surface area contributed by atoms with Crippen molar-refractivity contribution in [2.75, 3.05) is 0 Å². The standard InChI is InChI=1S/C18H9Cl3N2S/c19-13-3-1-11(2-4-13)7-12(9-22)18-23-17(10-24-18)15-6-5-14(20)8-16(15)21/h1-8,10H/b12-7-. The number of rotatable bonds is 3. The summed E-state index contributed by atoms with van der Waals surface area (Å²) in [4.78, 5) is 4.53. The van der Waals surface area contributed by atoms with Gasteiger partial charge in [0.05, 0.1) is 16.3 Å². The van der Waals surface area contributed by atoms with Crippen molar-refractivity contribution in [2.45, 2.75) is 0 Å². The second kappa shape index (κ2) is 7.38. The molecular formula is C18H9Cl3N2S. The van der Waals surface area contributed by atoms with Crippen molar-refractivity contribution >= 4 is 57.8 Å². The monoisotopic (exact) mass is 390 g/mol. The molecule has 0 aliphatic rings. The van der Waals surface area contributed by atoms with Crippen molar-refractivity contribution in [2.24, 2.45) is 0 Å². The predicted molar refractivity (Wildman–Crippen MR) is 103 cm³/mol. The molecule has 6 heteroatoms. The van der Waals surface area contributed by atoms with E-state index >= 15 is 0 Å². The topological polar surface area (TPSA) is 36.7 Å². The average Bonchev–Trinajstić information content (AvgIpc) is 3.04. The van der Waals surface area contributed by atoms with E-state index in [0.29, 0.717) is 31.3 Å². The minimum atomic E-state index is 0.485. The highest BCUT2D eigenvalue weighted by atomic mass is 35.5. The third-order valence-corrected chi connectivity index (χ3v) is 4.92.